The van der Waals surface area contributed by atoms with Gasteiger partial charge < -0.3 is 14.9 Å². The largest absolute Gasteiger partial charge is 0.481 e. The van der Waals surface area contributed by atoms with Gasteiger partial charge in [-0.1, -0.05) is 53.7 Å². The van der Waals surface area contributed by atoms with Gasteiger partial charge in [0.25, 0.3) is 0 Å². The zero-order valence-electron chi connectivity index (χ0n) is 28.2. The number of Topliss-reactive ketones (excluding diaryl/α,β-unsaturated/α-hetero) is 1. The third kappa shape index (κ3) is 4.41. The monoisotopic (exact) mass is 620 g/mol. The molecule has 0 aromatic heterocycles. The summed E-state index contributed by atoms with van der Waals surface area (Å²) in [5.74, 6) is -1.66. The van der Waals surface area contributed by atoms with Crippen LogP contribution < -0.4 is 0 Å². The van der Waals surface area contributed by atoms with Crippen LogP contribution in [0.25, 0.3) is 0 Å². The molecule has 2 N–H and O–H groups in total. The van der Waals surface area contributed by atoms with Crippen molar-refractivity contribution in [2.45, 2.75) is 119 Å². The average molecular weight is 621 g/mol. The first kappa shape index (κ1) is 32.2. The number of rotatable bonds is 4. The second kappa shape index (κ2) is 10.1. The summed E-state index contributed by atoms with van der Waals surface area (Å²) in [5.41, 5.74) is -1.58. The predicted molar refractivity (Wildman–Crippen MR) is 170 cm³/mol. The van der Waals surface area contributed by atoms with Crippen LogP contribution in [0.3, 0.4) is 0 Å². The molecule has 6 rings (SSSR count). The van der Waals surface area contributed by atoms with Crippen LogP contribution in [0.5, 0.6) is 0 Å². The highest BCUT2D eigenvalue weighted by Crippen LogP contribution is 2.76. The Morgan fingerprint density at radius 1 is 0.778 bits per heavy atom. The number of carbonyl (C=O) groups is 4. The maximum Gasteiger partial charge on any atom is 0.339 e. The summed E-state index contributed by atoms with van der Waals surface area (Å²) in [6.45, 7) is 15.7. The molecule has 5 aliphatic carbocycles. The van der Waals surface area contributed by atoms with Crippen LogP contribution >= 0.6 is 0 Å². The lowest BCUT2D eigenvalue weighted by Gasteiger charge is -2.72. The molecule has 1 aromatic carbocycles. The van der Waals surface area contributed by atoms with Gasteiger partial charge in [0, 0.05) is 17.8 Å². The first-order valence-corrected chi connectivity index (χ1v) is 17.1. The van der Waals surface area contributed by atoms with Crippen molar-refractivity contribution in [1.29, 1.82) is 0 Å². The van der Waals surface area contributed by atoms with Crippen LogP contribution in [0.4, 0.5) is 0 Å². The van der Waals surface area contributed by atoms with Crippen molar-refractivity contribution >= 4 is 23.7 Å². The van der Waals surface area contributed by atoms with E-state index in [0.29, 0.717) is 31.5 Å². The van der Waals surface area contributed by atoms with Crippen molar-refractivity contribution in [3.8, 4) is 0 Å². The first-order chi connectivity index (χ1) is 20.8. The molecule has 0 aliphatic heterocycles. The lowest BCUT2D eigenvalue weighted by Crippen LogP contribution is -2.69. The fraction of sp³-hybridized carbons (Fsp3) is 0.737. The van der Waals surface area contributed by atoms with Gasteiger partial charge in [0.15, 0.2) is 0 Å². The quantitative estimate of drug-likeness (QED) is 0.327. The number of ketones is 1. The fourth-order valence-electron chi connectivity index (χ4n) is 12.3. The highest BCUT2D eigenvalue weighted by molar-refractivity contribution is 6.02. The molecule has 0 bridgehead atoms. The molecule has 5 aliphatic rings. The second-order valence-corrected chi connectivity index (χ2v) is 17.6. The van der Waals surface area contributed by atoms with E-state index in [1.807, 2.05) is 6.92 Å². The molecule has 0 radical (unpaired) electrons. The SMILES string of the molecule is CC1(C(=O)O)CC[C@@]2(C)CC[C@]3(C)C(CC(=O)[C@@H]4[C@@]5(C)CC[C@H](OC(=O)c6ccccc6C(=O)O)C(C)(C)C5CC[C@]43C)C2C1. The van der Waals surface area contributed by atoms with Gasteiger partial charge >= 0.3 is 17.9 Å². The van der Waals surface area contributed by atoms with Gasteiger partial charge in [-0.25, -0.2) is 9.59 Å². The number of hydrogen-bond donors (Lipinski definition) is 2. The van der Waals surface area contributed by atoms with Crippen molar-refractivity contribution < 1.29 is 34.1 Å². The number of carbonyl (C=O) groups excluding carboxylic acids is 2. The Hall–Kier alpha value is -2.70. The molecule has 0 saturated heterocycles. The Morgan fingerprint density at radius 3 is 2.07 bits per heavy atom. The Kier molecular flexibility index (Phi) is 7.27. The van der Waals surface area contributed by atoms with Crippen LogP contribution in [-0.4, -0.2) is 40.0 Å². The summed E-state index contributed by atoms with van der Waals surface area (Å²) in [6.07, 6.45) is 7.80. The number of ether oxygens (including phenoxy) is 1. The van der Waals surface area contributed by atoms with Crippen molar-refractivity contribution in [3.05, 3.63) is 35.4 Å². The van der Waals surface area contributed by atoms with Gasteiger partial charge in [-0.05, 0) is 116 Å². The molecule has 7 heteroatoms. The van der Waals surface area contributed by atoms with E-state index >= 15 is 0 Å². The highest BCUT2D eigenvalue weighted by atomic mass is 16.5. The molecule has 4 unspecified atom stereocenters. The molecular weight excluding hydrogens is 568 g/mol. The third-order valence-corrected chi connectivity index (χ3v) is 15.2. The van der Waals surface area contributed by atoms with Crippen molar-refractivity contribution in [2.24, 2.45) is 56.2 Å². The standard InChI is InChI=1S/C38H52O7/c1-33(2)27-12-15-38(7)29(36(27,5)14-13-28(33)45-31(42)23-11-9-8-10-22(23)30(40)41)26(39)20-24-25-21-35(4,32(43)44)17-16-34(25,3)18-19-37(24,38)6/h8-11,24-25,27-29H,12-21H2,1-7H3,(H,40,41)(H,43,44)/t24?,25?,27?,28-,29+,34-,35?,36-,37+,38+/m0/s1. The van der Waals surface area contributed by atoms with Crippen molar-refractivity contribution in [2.75, 3.05) is 0 Å². The Bertz CT molecular complexity index is 1450. The zero-order chi connectivity index (χ0) is 33.0. The maximum atomic E-state index is 14.7. The molecule has 7 nitrogen and oxygen atoms in total. The lowest BCUT2D eigenvalue weighted by molar-refractivity contribution is -0.242. The van der Waals surface area contributed by atoms with Crippen LogP contribution in [0.1, 0.15) is 133 Å². The van der Waals surface area contributed by atoms with E-state index in [1.165, 1.54) is 12.1 Å². The van der Waals surface area contributed by atoms with Gasteiger partial charge in [0.1, 0.15) is 11.9 Å². The van der Waals surface area contributed by atoms with E-state index in [9.17, 15) is 29.4 Å². The second-order valence-electron chi connectivity index (χ2n) is 17.6. The molecule has 0 heterocycles. The fourth-order valence-corrected chi connectivity index (χ4v) is 12.3. The summed E-state index contributed by atoms with van der Waals surface area (Å²) in [5, 5.41) is 19.8. The van der Waals surface area contributed by atoms with Gasteiger partial charge in [-0.3, -0.25) is 9.59 Å². The molecule has 0 spiro atoms. The number of hydrogen-bond acceptors (Lipinski definition) is 5. The topological polar surface area (TPSA) is 118 Å². The van der Waals surface area contributed by atoms with E-state index in [-0.39, 0.29) is 62.6 Å². The van der Waals surface area contributed by atoms with Crippen LogP contribution in [0.15, 0.2) is 24.3 Å². The van der Waals surface area contributed by atoms with Crippen LogP contribution in [0, 0.1) is 56.2 Å². The summed E-state index contributed by atoms with van der Waals surface area (Å²) in [4.78, 5) is 52.2. The summed E-state index contributed by atoms with van der Waals surface area (Å²) in [6, 6.07) is 6.19. The molecule has 10 atom stereocenters. The number of aliphatic carboxylic acids is 1. The van der Waals surface area contributed by atoms with E-state index in [1.54, 1.807) is 12.1 Å². The minimum atomic E-state index is -1.16. The molecular formula is C38H52O7. The van der Waals surface area contributed by atoms with Gasteiger partial charge in [-0.15, -0.1) is 0 Å². The maximum absolute atomic E-state index is 14.7. The Labute approximate surface area is 267 Å². The minimum Gasteiger partial charge on any atom is -0.481 e. The van der Waals surface area contributed by atoms with Gasteiger partial charge in [0.2, 0.25) is 0 Å². The number of aromatic carboxylic acids is 1. The first-order valence-electron chi connectivity index (χ1n) is 17.1. The zero-order valence-corrected chi connectivity index (χ0v) is 28.2. The number of fused-ring (bicyclic) bond motifs is 7. The summed E-state index contributed by atoms with van der Waals surface area (Å²) >= 11 is 0. The number of carboxylic acid groups (broad SMARTS) is 2. The van der Waals surface area contributed by atoms with Crippen LogP contribution in [-0.2, 0) is 14.3 Å². The smallest absolute Gasteiger partial charge is 0.339 e. The van der Waals surface area contributed by atoms with E-state index < -0.39 is 28.7 Å². The molecule has 1 aromatic rings. The lowest BCUT2D eigenvalue weighted by atomic mass is 9.31. The number of benzene rings is 1. The minimum absolute atomic E-state index is 0.0600. The Balaban J connectivity index is 1.30. The van der Waals surface area contributed by atoms with Crippen molar-refractivity contribution in [1.82, 2.24) is 0 Å². The predicted octanol–water partition coefficient (Wildman–Crippen LogP) is 8.06. The Morgan fingerprint density at radius 2 is 1.42 bits per heavy atom. The number of esters is 1. The molecule has 0 amide bonds. The van der Waals surface area contributed by atoms with Crippen molar-refractivity contribution in [3.63, 3.8) is 0 Å². The highest BCUT2D eigenvalue weighted by Gasteiger charge is 2.72. The number of carboxylic acids is 2. The van der Waals surface area contributed by atoms with E-state index in [4.69, 9.17) is 4.74 Å². The molecule has 45 heavy (non-hydrogen) atoms. The van der Waals surface area contributed by atoms with E-state index in [0.717, 1.165) is 38.5 Å². The van der Waals surface area contributed by atoms with Crippen LogP contribution in [0.2, 0.25) is 0 Å². The normalized spacial score (nSPS) is 45.2. The molecule has 5 fully saturated rings. The van der Waals surface area contributed by atoms with Gasteiger partial charge in [0.05, 0.1) is 16.5 Å². The molecule has 5 saturated carbocycles. The average Bonchev–Trinajstić information content (AvgIpc) is 2.96. The van der Waals surface area contributed by atoms with E-state index in [2.05, 4.69) is 41.5 Å². The summed E-state index contributed by atoms with van der Waals surface area (Å²) in [7, 11) is 0. The van der Waals surface area contributed by atoms with Gasteiger partial charge in [-0.2, -0.15) is 0 Å². The third-order valence-electron chi connectivity index (χ3n) is 15.2. The molecule has 246 valence electrons. The summed E-state index contributed by atoms with van der Waals surface area (Å²) < 4.78 is 6.15.